The van der Waals surface area contributed by atoms with Crippen LogP contribution < -0.4 is 10.1 Å². The third kappa shape index (κ3) is 2.67. The van der Waals surface area contributed by atoms with Crippen LogP contribution in [0.4, 0.5) is 11.5 Å². The number of ether oxygens (including phenoxy) is 1. The molecule has 4 rings (SSSR count). The van der Waals surface area contributed by atoms with E-state index in [-0.39, 0.29) is 0 Å². The normalized spacial score (nSPS) is 10.7. The van der Waals surface area contributed by atoms with Crippen molar-refractivity contribution in [3.8, 4) is 17.1 Å². The van der Waals surface area contributed by atoms with Crippen molar-refractivity contribution >= 4 is 22.5 Å². The molecule has 0 atom stereocenters. The van der Waals surface area contributed by atoms with Gasteiger partial charge in [-0.05, 0) is 30.3 Å². The van der Waals surface area contributed by atoms with Gasteiger partial charge in [-0.2, -0.15) is 0 Å². The van der Waals surface area contributed by atoms with E-state index in [4.69, 9.17) is 9.72 Å². The van der Waals surface area contributed by atoms with Crippen LogP contribution in [-0.4, -0.2) is 22.1 Å². The van der Waals surface area contributed by atoms with E-state index in [2.05, 4.69) is 15.3 Å². The van der Waals surface area contributed by atoms with Gasteiger partial charge >= 0.3 is 0 Å². The van der Waals surface area contributed by atoms with Crippen LogP contribution in [0.3, 0.4) is 0 Å². The topological polar surface area (TPSA) is 62.8 Å². The number of aromatic amines is 1. The number of imidazole rings is 1. The molecule has 0 aliphatic carbocycles. The third-order valence-electron chi connectivity index (χ3n) is 3.78. The van der Waals surface area contributed by atoms with Crippen LogP contribution in [0.1, 0.15) is 0 Å². The van der Waals surface area contributed by atoms with Gasteiger partial charge in [0.1, 0.15) is 17.1 Å². The lowest BCUT2D eigenvalue weighted by Gasteiger charge is -2.05. The minimum absolute atomic E-state index is 0.726. The zero-order chi connectivity index (χ0) is 16.4. The minimum atomic E-state index is 0.726. The van der Waals surface area contributed by atoms with Crippen LogP contribution in [0.5, 0.6) is 5.75 Å². The minimum Gasteiger partial charge on any atom is -0.497 e. The van der Waals surface area contributed by atoms with Crippen molar-refractivity contribution in [1.29, 1.82) is 0 Å². The standard InChI is InChI=1S/C19H16N4O/c1-24-15-9-5-6-13(12-15)18-22-16-10-11-20-19(17(16)23-18)21-14-7-3-2-4-8-14/h2-12H,1H3,(H,20,21)(H,22,23). The van der Waals surface area contributed by atoms with Crippen molar-refractivity contribution in [2.45, 2.75) is 0 Å². The van der Waals surface area contributed by atoms with E-state index in [0.717, 1.165) is 39.7 Å². The van der Waals surface area contributed by atoms with Crippen molar-refractivity contribution in [3.63, 3.8) is 0 Å². The summed E-state index contributed by atoms with van der Waals surface area (Å²) in [7, 11) is 1.66. The fourth-order valence-electron chi connectivity index (χ4n) is 2.59. The molecule has 0 aliphatic heterocycles. The number of rotatable bonds is 4. The van der Waals surface area contributed by atoms with Gasteiger partial charge in [0.15, 0.2) is 5.82 Å². The summed E-state index contributed by atoms with van der Waals surface area (Å²) < 4.78 is 5.29. The lowest BCUT2D eigenvalue weighted by Crippen LogP contribution is -1.93. The van der Waals surface area contributed by atoms with E-state index in [1.54, 1.807) is 13.3 Å². The molecule has 0 unspecified atom stereocenters. The molecule has 0 amide bonds. The molecule has 118 valence electrons. The number of nitrogens with zero attached hydrogens (tertiary/aromatic N) is 2. The summed E-state index contributed by atoms with van der Waals surface area (Å²) in [6.45, 7) is 0. The van der Waals surface area contributed by atoms with Crippen LogP contribution in [0.15, 0.2) is 66.9 Å². The number of nitrogens with one attached hydrogen (secondary N) is 2. The Hall–Kier alpha value is -3.34. The van der Waals surface area contributed by atoms with E-state index in [9.17, 15) is 0 Å². The van der Waals surface area contributed by atoms with Crippen molar-refractivity contribution in [3.05, 3.63) is 66.9 Å². The second kappa shape index (κ2) is 6.04. The molecule has 0 radical (unpaired) electrons. The van der Waals surface area contributed by atoms with Crippen LogP contribution >= 0.6 is 0 Å². The summed E-state index contributed by atoms with van der Waals surface area (Å²) >= 11 is 0. The maximum atomic E-state index is 5.29. The first-order chi connectivity index (χ1) is 11.8. The zero-order valence-corrected chi connectivity index (χ0v) is 13.2. The second-order valence-corrected chi connectivity index (χ2v) is 5.36. The monoisotopic (exact) mass is 316 g/mol. The van der Waals surface area contributed by atoms with Crippen LogP contribution in [0.2, 0.25) is 0 Å². The highest BCUT2D eigenvalue weighted by Crippen LogP contribution is 2.27. The van der Waals surface area contributed by atoms with Crippen LogP contribution in [0, 0.1) is 0 Å². The summed E-state index contributed by atoms with van der Waals surface area (Å²) in [6.07, 6.45) is 1.77. The SMILES string of the molecule is COc1cccc(-c2nc3c(Nc4ccccc4)nccc3[nH]2)c1. The Morgan fingerprint density at radius 2 is 1.88 bits per heavy atom. The van der Waals surface area contributed by atoms with Crippen molar-refractivity contribution in [1.82, 2.24) is 15.0 Å². The molecule has 0 spiro atoms. The van der Waals surface area contributed by atoms with Gasteiger partial charge in [0.05, 0.1) is 12.6 Å². The molecular formula is C19H16N4O. The number of anilines is 2. The highest BCUT2D eigenvalue weighted by molar-refractivity contribution is 5.89. The average Bonchev–Trinajstić information content (AvgIpc) is 3.08. The van der Waals surface area contributed by atoms with E-state index >= 15 is 0 Å². The highest BCUT2D eigenvalue weighted by atomic mass is 16.5. The molecular weight excluding hydrogens is 300 g/mol. The largest absolute Gasteiger partial charge is 0.497 e. The van der Waals surface area contributed by atoms with E-state index in [1.807, 2.05) is 60.7 Å². The number of hydrogen-bond donors (Lipinski definition) is 2. The molecule has 4 aromatic rings. The lowest BCUT2D eigenvalue weighted by molar-refractivity contribution is 0.415. The summed E-state index contributed by atoms with van der Waals surface area (Å²) in [5.74, 6) is 2.31. The van der Waals surface area contributed by atoms with E-state index in [1.165, 1.54) is 0 Å². The van der Waals surface area contributed by atoms with Gasteiger partial charge in [0.2, 0.25) is 0 Å². The number of fused-ring (bicyclic) bond motifs is 1. The Balaban J connectivity index is 1.76. The maximum Gasteiger partial charge on any atom is 0.158 e. The number of pyridine rings is 1. The third-order valence-corrected chi connectivity index (χ3v) is 3.78. The molecule has 0 aliphatic rings. The van der Waals surface area contributed by atoms with Gasteiger partial charge in [0.25, 0.3) is 0 Å². The fourth-order valence-corrected chi connectivity index (χ4v) is 2.59. The Morgan fingerprint density at radius 3 is 2.71 bits per heavy atom. The summed E-state index contributed by atoms with van der Waals surface area (Å²) in [6, 6.07) is 19.7. The van der Waals surface area contributed by atoms with Gasteiger partial charge in [-0.1, -0.05) is 30.3 Å². The predicted octanol–water partition coefficient (Wildman–Crippen LogP) is 4.38. The molecule has 5 heteroatoms. The summed E-state index contributed by atoms with van der Waals surface area (Å²) in [5.41, 5.74) is 3.68. The Bertz CT molecular complexity index is 979. The Morgan fingerprint density at radius 1 is 1.00 bits per heavy atom. The molecule has 2 N–H and O–H groups in total. The maximum absolute atomic E-state index is 5.29. The molecule has 0 saturated heterocycles. The van der Waals surface area contributed by atoms with Crippen molar-refractivity contribution in [2.75, 3.05) is 12.4 Å². The molecule has 0 fully saturated rings. The first-order valence-corrected chi connectivity index (χ1v) is 7.65. The quantitative estimate of drug-likeness (QED) is 0.586. The predicted molar refractivity (Wildman–Crippen MR) is 95.6 cm³/mol. The first-order valence-electron chi connectivity index (χ1n) is 7.65. The highest BCUT2D eigenvalue weighted by Gasteiger charge is 2.10. The van der Waals surface area contributed by atoms with Crippen molar-refractivity contribution in [2.24, 2.45) is 0 Å². The lowest BCUT2D eigenvalue weighted by atomic mass is 10.2. The number of benzene rings is 2. The van der Waals surface area contributed by atoms with E-state index < -0.39 is 0 Å². The van der Waals surface area contributed by atoms with E-state index in [0.29, 0.717) is 0 Å². The number of H-pyrrole nitrogens is 1. The van der Waals surface area contributed by atoms with Crippen LogP contribution in [0.25, 0.3) is 22.4 Å². The molecule has 2 heterocycles. The molecule has 2 aromatic carbocycles. The van der Waals surface area contributed by atoms with Gasteiger partial charge < -0.3 is 15.0 Å². The number of hydrogen-bond acceptors (Lipinski definition) is 4. The smallest absolute Gasteiger partial charge is 0.158 e. The van der Waals surface area contributed by atoms with Crippen LogP contribution in [-0.2, 0) is 0 Å². The molecule has 0 bridgehead atoms. The Labute approximate surface area is 139 Å². The Kier molecular flexibility index (Phi) is 3.59. The first kappa shape index (κ1) is 14.3. The van der Waals surface area contributed by atoms with Gasteiger partial charge in [-0.15, -0.1) is 0 Å². The summed E-state index contributed by atoms with van der Waals surface area (Å²) in [5, 5.41) is 3.32. The van der Waals surface area contributed by atoms with Gasteiger partial charge in [0, 0.05) is 17.4 Å². The van der Waals surface area contributed by atoms with Gasteiger partial charge in [-0.3, -0.25) is 0 Å². The molecule has 24 heavy (non-hydrogen) atoms. The number of para-hydroxylation sites is 1. The second-order valence-electron chi connectivity index (χ2n) is 5.36. The molecule has 2 aromatic heterocycles. The fraction of sp³-hybridized carbons (Fsp3) is 0.0526. The average molecular weight is 316 g/mol. The molecule has 5 nitrogen and oxygen atoms in total. The summed E-state index contributed by atoms with van der Waals surface area (Å²) in [4.78, 5) is 12.5. The van der Waals surface area contributed by atoms with Crippen molar-refractivity contribution < 1.29 is 4.74 Å². The zero-order valence-electron chi connectivity index (χ0n) is 13.2. The van der Waals surface area contributed by atoms with Gasteiger partial charge in [-0.25, -0.2) is 9.97 Å². The number of methoxy groups -OCH3 is 1. The number of aromatic nitrogens is 3. The molecule has 0 saturated carbocycles.